The zero-order valence-corrected chi connectivity index (χ0v) is 22.1. The summed E-state index contributed by atoms with van der Waals surface area (Å²) in [6, 6.07) is 0. The van der Waals surface area contributed by atoms with Crippen molar-refractivity contribution in [3.63, 3.8) is 0 Å². The molecule has 2 nitrogen and oxygen atoms in total. The molecule has 0 aromatic rings. The van der Waals surface area contributed by atoms with Crippen molar-refractivity contribution in [1.82, 2.24) is 0 Å². The minimum atomic E-state index is -1.44. The molecule has 0 aromatic heterocycles. The van der Waals surface area contributed by atoms with Crippen molar-refractivity contribution >= 4 is 16.1 Å². The van der Waals surface area contributed by atoms with Gasteiger partial charge < -0.3 is 9.47 Å². The van der Waals surface area contributed by atoms with Crippen molar-refractivity contribution in [1.29, 1.82) is 0 Å². The first-order chi connectivity index (χ1) is 12.0. The molecule has 0 fully saturated rings. The summed E-state index contributed by atoms with van der Waals surface area (Å²) in [5.74, 6) is 0. The van der Waals surface area contributed by atoms with E-state index in [-0.39, 0.29) is 5.41 Å². The third-order valence-electron chi connectivity index (χ3n) is 6.96. The molecule has 0 amide bonds. The van der Waals surface area contributed by atoms with Crippen molar-refractivity contribution in [3.05, 3.63) is 25.3 Å². The fourth-order valence-electron chi connectivity index (χ4n) is 2.45. The van der Waals surface area contributed by atoms with Gasteiger partial charge in [0.25, 0.3) is 0 Å². The van der Waals surface area contributed by atoms with Crippen LogP contribution in [0.4, 0.5) is 0 Å². The molecule has 0 saturated carbocycles. The van der Waals surface area contributed by atoms with E-state index in [9.17, 15) is 0 Å². The lowest BCUT2D eigenvalue weighted by Gasteiger charge is -2.40. The molecular weight excluding hydrogens is 364 g/mol. The molecule has 0 heterocycles. The maximum Gasteiger partial charge on any atom is 0.0829 e. The van der Waals surface area contributed by atoms with Gasteiger partial charge in [0.2, 0.25) is 0 Å². The number of rotatable bonds is 12. The highest BCUT2D eigenvalue weighted by Gasteiger charge is 2.38. The highest BCUT2D eigenvalue weighted by atomic mass is 28.3. The SMILES string of the molecule is C=CCC(CC=C)(COC[Si](C)(C)C(C)(C)C)COC[Si](C)(C)C(C)(C)C. The van der Waals surface area contributed by atoms with E-state index in [1.807, 2.05) is 12.2 Å². The zero-order chi connectivity index (χ0) is 21.6. The molecule has 0 spiro atoms. The van der Waals surface area contributed by atoms with Gasteiger partial charge in [-0.15, -0.1) is 13.2 Å². The highest BCUT2D eigenvalue weighted by Crippen LogP contribution is 2.38. The predicted octanol–water partition coefficient (Wildman–Crippen LogP) is 7.25. The molecule has 4 heteroatoms. The minimum Gasteiger partial charge on any atom is -0.384 e. The molecule has 0 aromatic carbocycles. The van der Waals surface area contributed by atoms with Crippen molar-refractivity contribution in [2.75, 3.05) is 25.7 Å². The van der Waals surface area contributed by atoms with Crippen LogP contribution in [0.5, 0.6) is 0 Å². The molecule has 27 heavy (non-hydrogen) atoms. The van der Waals surface area contributed by atoms with E-state index in [1.165, 1.54) is 0 Å². The molecule has 0 atom stereocenters. The van der Waals surface area contributed by atoms with E-state index in [2.05, 4.69) is 80.9 Å². The van der Waals surface area contributed by atoms with Gasteiger partial charge in [-0.1, -0.05) is 79.9 Å². The fourth-order valence-corrected chi connectivity index (χ4v) is 4.54. The molecular formula is C23H48O2Si2. The predicted molar refractivity (Wildman–Crippen MR) is 128 cm³/mol. The topological polar surface area (TPSA) is 18.5 Å². The average Bonchev–Trinajstić information content (AvgIpc) is 2.45. The van der Waals surface area contributed by atoms with Crippen LogP contribution in [0.3, 0.4) is 0 Å². The molecule has 0 radical (unpaired) electrons. The first-order valence-corrected chi connectivity index (χ1v) is 16.8. The minimum absolute atomic E-state index is 0.0474. The lowest BCUT2D eigenvalue weighted by molar-refractivity contribution is -0.00104. The van der Waals surface area contributed by atoms with Crippen LogP contribution < -0.4 is 0 Å². The number of hydrogen-bond acceptors (Lipinski definition) is 2. The van der Waals surface area contributed by atoms with Crippen LogP contribution in [-0.2, 0) is 9.47 Å². The van der Waals surface area contributed by atoms with Crippen molar-refractivity contribution in [3.8, 4) is 0 Å². The summed E-state index contributed by atoms with van der Waals surface area (Å²) < 4.78 is 12.7. The quantitative estimate of drug-likeness (QED) is 0.248. The summed E-state index contributed by atoms with van der Waals surface area (Å²) in [4.78, 5) is 0. The number of allylic oxidation sites excluding steroid dienone is 2. The van der Waals surface area contributed by atoms with E-state index in [1.54, 1.807) is 0 Å². The highest BCUT2D eigenvalue weighted by molar-refractivity contribution is 6.80. The van der Waals surface area contributed by atoms with Crippen molar-refractivity contribution in [2.45, 2.75) is 90.6 Å². The summed E-state index contributed by atoms with van der Waals surface area (Å²) in [5, 5.41) is 0.677. The number of ether oxygens (including phenoxy) is 2. The standard InChI is InChI=1S/C23H48O2Si2/c1-13-15-23(16-14-2,17-24-19-26(9,10)21(3,4)5)18-25-20-27(11,12)22(6,7)8/h13-14H,1-2,15-20H2,3-12H3. The Morgan fingerprint density at radius 1 is 0.667 bits per heavy atom. The Kier molecular flexibility index (Phi) is 9.98. The van der Waals surface area contributed by atoms with E-state index in [0.29, 0.717) is 10.1 Å². The molecule has 0 aliphatic carbocycles. The Morgan fingerprint density at radius 3 is 1.19 bits per heavy atom. The summed E-state index contributed by atoms with van der Waals surface area (Å²) in [7, 11) is -2.89. The second kappa shape index (κ2) is 10.0. The summed E-state index contributed by atoms with van der Waals surface area (Å²) in [6.45, 7) is 33.1. The van der Waals surface area contributed by atoms with Crippen LogP contribution in [0.25, 0.3) is 0 Å². The Morgan fingerprint density at radius 2 is 0.963 bits per heavy atom. The van der Waals surface area contributed by atoms with Crippen LogP contribution in [0.1, 0.15) is 54.4 Å². The Bertz CT molecular complexity index is 424. The molecule has 0 unspecified atom stereocenters. The third kappa shape index (κ3) is 8.39. The van der Waals surface area contributed by atoms with Gasteiger partial charge in [0.15, 0.2) is 0 Å². The van der Waals surface area contributed by atoms with Gasteiger partial charge >= 0.3 is 0 Å². The van der Waals surface area contributed by atoms with E-state index < -0.39 is 16.1 Å². The largest absolute Gasteiger partial charge is 0.384 e. The molecule has 160 valence electrons. The lowest BCUT2D eigenvalue weighted by atomic mass is 9.83. The van der Waals surface area contributed by atoms with Gasteiger partial charge in [0.05, 0.1) is 29.4 Å². The van der Waals surface area contributed by atoms with E-state index >= 15 is 0 Å². The van der Waals surface area contributed by atoms with Crippen LogP contribution >= 0.6 is 0 Å². The molecule has 0 N–H and O–H groups in total. The average molecular weight is 413 g/mol. The van der Waals surface area contributed by atoms with Crippen molar-refractivity contribution < 1.29 is 9.47 Å². The van der Waals surface area contributed by atoms with Gasteiger partial charge in [-0.05, 0) is 22.9 Å². The lowest BCUT2D eigenvalue weighted by Crippen LogP contribution is -2.45. The number of hydrogen-bond donors (Lipinski definition) is 0. The van der Waals surface area contributed by atoms with Crippen LogP contribution in [0, 0.1) is 5.41 Å². The second-order valence-electron chi connectivity index (χ2n) is 11.7. The fraction of sp³-hybridized carbons (Fsp3) is 0.826. The maximum atomic E-state index is 6.34. The van der Waals surface area contributed by atoms with Gasteiger partial charge in [-0.2, -0.15) is 0 Å². The normalized spacial score (nSPS) is 14.3. The van der Waals surface area contributed by atoms with Gasteiger partial charge in [0, 0.05) is 17.9 Å². The maximum absolute atomic E-state index is 6.34. The van der Waals surface area contributed by atoms with Crippen LogP contribution in [0.2, 0.25) is 36.3 Å². The molecule has 0 saturated heterocycles. The Balaban J connectivity index is 5.06. The first-order valence-electron chi connectivity index (χ1n) is 10.4. The smallest absolute Gasteiger partial charge is 0.0829 e. The van der Waals surface area contributed by atoms with Gasteiger partial charge in [-0.3, -0.25) is 0 Å². The van der Waals surface area contributed by atoms with Gasteiger partial charge in [0.1, 0.15) is 0 Å². The van der Waals surface area contributed by atoms with E-state index in [0.717, 1.165) is 38.5 Å². The molecule has 0 aliphatic heterocycles. The third-order valence-corrected chi connectivity index (χ3v) is 16.9. The Labute approximate surface area is 172 Å². The Hall–Kier alpha value is -0.166. The van der Waals surface area contributed by atoms with Crippen LogP contribution in [-0.4, -0.2) is 41.8 Å². The second-order valence-corrected chi connectivity index (χ2v) is 22.9. The molecule has 0 bridgehead atoms. The summed E-state index contributed by atoms with van der Waals surface area (Å²) >= 11 is 0. The molecule has 0 rings (SSSR count). The summed E-state index contributed by atoms with van der Waals surface area (Å²) in [5.41, 5.74) is -0.0474. The summed E-state index contributed by atoms with van der Waals surface area (Å²) in [6.07, 6.45) is 7.58. The van der Waals surface area contributed by atoms with E-state index in [4.69, 9.17) is 9.47 Å². The zero-order valence-electron chi connectivity index (χ0n) is 20.1. The van der Waals surface area contributed by atoms with Gasteiger partial charge in [-0.25, -0.2) is 0 Å². The first kappa shape index (κ1) is 26.8. The molecule has 0 aliphatic rings. The van der Waals surface area contributed by atoms with Crippen molar-refractivity contribution in [2.24, 2.45) is 5.41 Å². The van der Waals surface area contributed by atoms with Crippen LogP contribution in [0.15, 0.2) is 25.3 Å². The monoisotopic (exact) mass is 412 g/mol.